The second kappa shape index (κ2) is 5.51. The van der Waals surface area contributed by atoms with E-state index in [1.165, 1.54) is 24.2 Å². The van der Waals surface area contributed by atoms with Crippen LogP contribution in [0, 0.1) is 11.8 Å². The Morgan fingerprint density at radius 2 is 2.21 bits per heavy atom. The third-order valence-electron chi connectivity index (χ3n) is 3.53. The van der Waals surface area contributed by atoms with E-state index in [1.807, 2.05) is 6.07 Å². The van der Waals surface area contributed by atoms with E-state index < -0.39 is 0 Å². The van der Waals surface area contributed by atoms with Gasteiger partial charge < -0.3 is 15.8 Å². The zero-order valence-corrected chi connectivity index (χ0v) is 11.8. The summed E-state index contributed by atoms with van der Waals surface area (Å²) in [6.07, 6.45) is 4.69. The first-order chi connectivity index (χ1) is 9.24. The van der Waals surface area contributed by atoms with E-state index in [1.54, 1.807) is 0 Å². The number of nitrogens with one attached hydrogen (secondary N) is 1. The van der Waals surface area contributed by atoms with Crippen molar-refractivity contribution in [1.82, 2.24) is 0 Å². The summed E-state index contributed by atoms with van der Waals surface area (Å²) >= 11 is 1.47. The van der Waals surface area contributed by atoms with Gasteiger partial charge in [-0.1, -0.05) is 0 Å². The Morgan fingerprint density at radius 3 is 2.89 bits per heavy atom. The first-order valence-corrected chi connectivity index (χ1v) is 7.81. The molecular weight excluding hydrogens is 260 g/mol. The van der Waals surface area contributed by atoms with Crippen molar-refractivity contribution >= 4 is 27.8 Å². The molecule has 2 fully saturated rings. The number of hydrogen-bond acceptors (Lipinski definition) is 5. The molecule has 0 atom stereocenters. The fourth-order valence-electron chi connectivity index (χ4n) is 2.00. The van der Waals surface area contributed by atoms with Gasteiger partial charge in [-0.25, -0.2) is 0 Å². The molecule has 0 aromatic carbocycles. The Labute approximate surface area is 117 Å². The lowest BCUT2D eigenvalue weighted by Crippen LogP contribution is -2.09. The molecule has 19 heavy (non-hydrogen) atoms. The molecule has 4 nitrogen and oxygen atoms in total. The van der Waals surface area contributed by atoms with Crippen LogP contribution in [0.3, 0.4) is 0 Å². The molecule has 0 saturated heterocycles. The minimum absolute atomic E-state index is 0.223. The molecule has 0 aliphatic heterocycles. The van der Waals surface area contributed by atoms with Gasteiger partial charge in [0.15, 0.2) is 5.78 Å². The molecular formula is C14H20N2O2S. The number of ketones is 1. The third kappa shape index (κ3) is 3.48. The molecule has 1 heterocycles. The molecule has 0 spiro atoms. The fraction of sp³-hybridized carbons (Fsp3) is 0.643. The van der Waals surface area contributed by atoms with Crippen LogP contribution in [0.25, 0.3) is 0 Å². The Hall–Kier alpha value is -1.07. The van der Waals surface area contributed by atoms with Crippen LogP contribution in [-0.2, 0) is 4.74 Å². The summed E-state index contributed by atoms with van der Waals surface area (Å²) in [5.74, 6) is 1.26. The first-order valence-electron chi connectivity index (χ1n) is 6.99. The van der Waals surface area contributed by atoms with Crippen molar-refractivity contribution < 1.29 is 9.53 Å². The smallest absolute Gasteiger partial charge is 0.178 e. The van der Waals surface area contributed by atoms with Gasteiger partial charge in [-0.2, -0.15) is 0 Å². The van der Waals surface area contributed by atoms with Crippen molar-refractivity contribution in [3.8, 4) is 0 Å². The van der Waals surface area contributed by atoms with Crippen molar-refractivity contribution in [3.63, 3.8) is 0 Å². The lowest BCUT2D eigenvalue weighted by molar-refractivity contribution is 0.0972. The lowest BCUT2D eigenvalue weighted by atomic mass is 10.2. The summed E-state index contributed by atoms with van der Waals surface area (Å²) in [4.78, 5) is 12.7. The monoisotopic (exact) mass is 280 g/mol. The molecule has 2 aliphatic rings. The average molecular weight is 280 g/mol. The van der Waals surface area contributed by atoms with Gasteiger partial charge in [-0.15, -0.1) is 11.3 Å². The maximum atomic E-state index is 12.0. The van der Waals surface area contributed by atoms with E-state index in [9.17, 15) is 4.79 Å². The van der Waals surface area contributed by atoms with E-state index in [-0.39, 0.29) is 11.7 Å². The Kier molecular flexibility index (Phi) is 3.75. The highest BCUT2D eigenvalue weighted by Gasteiger charge is 2.32. The average Bonchev–Trinajstić information content (AvgIpc) is 3.27. The maximum Gasteiger partial charge on any atom is 0.178 e. The van der Waals surface area contributed by atoms with Gasteiger partial charge in [0.25, 0.3) is 0 Å². The zero-order valence-electron chi connectivity index (χ0n) is 11.0. The first kappa shape index (κ1) is 12.9. The molecule has 1 aromatic heterocycles. The highest BCUT2D eigenvalue weighted by atomic mass is 32.1. The topological polar surface area (TPSA) is 64.3 Å². The number of nitrogens with two attached hydrogens (primary N) is 1. The lowest BCUT2D eigenvalue weighted by Gasteiger charge is -2.04. The molecule has 0 amide bonds. The second-order valence-electron chi connectivity index (χ2n) is 5.48. The molecule has 0 unspecified atom stereocenters. The summed E-state index contributed by atoms with van der Waals surface area (Å²) in [5, 5.41) is 4.24. The maximum absolute atomic E-state index is 12.0. The number of carbonyl (C=O) groups is 1. The van der Waals surface area contributed by atoms with Crippen molar-refractivity contribution in [2.75, 3.05) is 30.8 Å². The molecule has 104 valence electrons. The van der Waals surface area contributed by atoms with E-state index in [0.29, 0.717) is 12.3 Å². The molecule has 5 heteroatoms. The van der Waals surface area contributed by atoms with Gasteiger partial charge in [0.1, 0.15) is 0 Å². The number of ether oxygens (including phenoxy) is 1. The van der Waals surface area contributed by atoms with E-state index in [4.69, 9.17) is 10.5 Å². The number of nitrogen functional groups attached to an aromatic ring is 1. The predicted octanol–water partition coefficient (Wildman–Crippen LogP) is 2.76. The second-order valence-corrected chi connectivity index (χ2v) is 6.53. The van der Waals surface area contributed by atoms with Crippen molar-refractivity contribution in [3.05, 3.63) is 10.9 Å². The highest BCUT2D eigenvalue weighted by molar-refractivity contribution is 7.18. The molecule has 0 radical (unpaired) electrons. The van der Waals surface area contributed by atoms with E-state index in [2.05, 4.69) is 5.32 Å². The minimum atomic E-state index is 0.223. The van der Waals surface area contributed by atoms with Crippen LogP contribution >= 0.6 is 11.3 Å². The predicted molar refractivity (Wildman–Crippen MR) is 77.8 cm³/mol. The van der Waals surface area contributed by atoms with Crippen molar-refractivity contribution in [2.24, 2.45) is 11.8 Å². The largest absolute Gasteiger partial charge is 0.397 e. The van der Waals surface area contributed by atoms with Crippen LogP contribution < -0.4 is 11.1 Å². The summed E-state index contributed by atoms with van der Waals surface area (Å²) < 4.78 is 5.56. The zero-order chi connectivity index (χ0) is 13.2. The number of anilines is 2. The quantitative estimate of drug-likeness (QED) is 0.567. The van der Waals surface area contributed by atoms with Crippen molar-refractivity contribution in [1.29, 1.82) is 0 Å². The van der Waals surface area contributed by atoms with Crippen LogP contribution in [0.5, 0.6) is 0 Å². The fourth-order valence-corrected chi connectivity index (χ4v) is 3.02. The Bertz CT molecular complexity index is 464. The minimum Gasteiger partial charge on any atom is -0.397 e. The van der Waals surface area contributed by atoms with Crippen LogP contribution in [-0.4, -0.2) is 25.5 Å². The molecule has 3 rings (SSSR count). The molecule has 1 aromatic rings. The van der Waals surface area contributed by atoms with Gasteiger partial charge in [0.2, 0.25) is 0 Å². The summed E-state index contributed by atoms with van der Waals surface area (Å²) in [6, 6.07) is 1.86. The van der Waals surface area contributed by atoms with Crippen LogP contribution in [0.2, 0.25) is 0 Å². The standard InChI is InChI=1S/C14H20N2O2S/c15-11-7-12(16-5-6-18-8-9-1-2-9)19-14(11)13(17)10-3-4-10/h7,9-10,16H,1-6,8,15H2. The highest BCUT2D eigenvalue weighted by Crippen LogP contribution is 2.38. The van der Waals surface area contributed by atoms with E-state index in [0.717, 1.165) is 41.8 Å². The van der Waals surface area contributed by atoms with Crippen molar-refractivity contribution in [2.45, 2.75) is 25.7 Å². The number of carbonyl (C=O) groups excluding carboxylic acids is 1. The van der Waals surface area contributed by atoms with Gasteiger partial charge in [-0.05, 0) is 37.7 Å². The number of Topliss-reactive ketones (excluding diaryl/α,β-unsaturated/α-hetero) is 1. The summed E-state index contributed by atoms with van der Waals surface area (Å²) in [7, 11) is 0. The third-order valence-corrected chi connectivity index (χ3v) is 4.65. The van der Waals surface area contributed by atoms with Gasteiger partial charge in [-0.3, -0.25) is 4.79 Å². The molecule has 3 N–H and O–H groups in total. The normalized spacial score (nSPS) is 18.5. The summed E-state index contributed by atoms with van der Waals surface area (Å²) in [6.45, 7) is 2.36. The summed E-state index contributed by atoms with van der Waals surface area (Å²) in [5.41, 5.74) is 6.52. The van der Waals surface area contributed by atoms with Gasteiger partial charge >= 0.3 is 0 Å². The van der Waals surface area contributed by atoms with Crippen LogP contribution in [0.15, 0.2) is 6.07 Å². The number of hydrogen-bond donors (Lipinski definition) is 2. The molecule has 0 bridgehead atoms. The van der Waals surface area contributed by atoms with Crippen LogP contribution in [0.4, 0.5) is 10.7 Å². The molecule has 2 saturated carbocycles. The number of rotatable bonds is 8. The molecule has 2 aliphatic carbocycles. The van der Waals surface area contributed by atoms with Gasteiger partial charge in [0, 0.05) is 19.1 Å². The van der Waals surface area contributed by atoms with E-state index >= 15 is 0 Å². The van der Waals surface area contributed by atoms with Gasteiger partial charge in [0.05, 0.1) is 22.2 Å². The SMILES string of the molecule is Nc1cc(NCCOCC2CC2)sc1C(=O)C1CC1. The Morgan fingerprint density at radius 1 is 1.42 bits per heavy atom. The Balaban J connectivity index is 1.44. The van der Waals surface area contributed by atoms with Crippen LogP contribution in [0.1, 0.15) is 35.4 Å². The number of thiophene rings is 1.